The zero-order chi connectivity index (χ0) is 25.6. The van der Waals surface area contributed by atoms with Crippen molar-refractivity contribution >= 4 is 20.4 Å². The molecule has 0 amide bonds. The van der Waals surface area contributed by atoms with Crippen molar-refractivity contribution in [2.45, 2.75) is 46.6 Å². The van der Waals surface area contributed by atoms with Crippen LogP contribution in [-0.4, -0.2) is 34.9 Å². The fourth-order valence-electron chi connectivity index (χ4n) is 3.66. The van der Waals surface area contributed by atoms with E-state index >= 15 is 0 Å². The first-order valence-corrected chi connectivity index (χ1v) is 14.5. The van der Waals surface area contributed by atoms with Crippen LogP contribution in [0.3, 0.4) is 0 Å². The molecule has 2 aromatic heterocycles. The van der Waals surface area contributed by atoms with Crippen molar-refractivity contribution in [1.29, 1.82) is 0 Å². The topological polar surface area (TPSA) is 91.2 Å². The van der Waals surface area contributed by atoms with Gasteiger partial charge in [0.15, 0.2) is 6.29 Å². The Hall–Kier alpha value is -3.24. The molecule has 0 saturated carbocycles. The van der Waals surface area contributed by atoms with Crippen LogP contribution in [0.15, 0.2) is 117 Å². The summed E-state index contributed by atoms with van der Waals surface area (Å²) in [5.74, 6) is 0.603. The number of nitrogens with zero attached hydrogens (tertiary/aromatic N) is 2. The van der Waals surface area contributed by atoms with Crippen LogP contribution in [0.25, 0.3) is 0 Å². The first kappa shape index (κ1) is 25.8. The number of aryl methyl sites for hydroxylation is 1. The van der Waals surface area contributed by atoms with E-state index in [1.807, 2.05) is 45.0 Å². The molecule has 0 fully saturated rings. The Labute approximate surface area is 213 Å². The Morgan fingerprint density at radius 1 is 0.806 bits per heavy atom. The van der Waals surface area contributed by atoms with Crippen LogP contribution in [0.5, 0.6) is 5.75 Å². The molecular formula is C27H29N2O5S2+. The van der Waals surface area contributed by atoms with Gasteiger partial charge >= 0.3 is 10.1 Å². The van der Waals surface area contributed by atoms with Crippen molar-refractivity contribution in [2.75, 3.05) is 6.61 Å². The molecule has 0 radical (unpaired) electrons. The van der Waals surface area contributed by atoms with Gasteiger partial charge in [-0.1, -0.05) is 17.7 Å². The molecule has 2 heterocycles. The first-order valence-electron chi connectivity index (χ1n) is 11.4. The van der Waals surface area contributed by atoms with Gasteiger partial charge in [0.2, 0.25) is 0 Å². The summed E-state index contributed by atoms with van der Waals surface area (Å²) in [5.41, 5.74) is 0.962. The van der Waals surface area contributed by atoms with Crippen molar-refractivity contribution in [3.05, 3.63) is 103 Å². The molecule has 0 aliphatic carbocycles. The Balaban J connectivity index is 1.89. The Morgan fingerprint density at radius 2 is 1.36 bits per heavy atom. The summed E-state index contributed by atoms with van der Waals surface area (Å²) >= 11 is 0. The van der Waals surface area contributed by atoms with E-state index in [9.17, 15) is 8.42 Å². The zero-order valence-electron chi connectivity index (χ0n) is 20.3. The average molecular weight is 526 g/mol. The lowest BCUT2D eigenvalue weighted by Crippen LogP contribution is -2.19. The van der Waals surface area contributed by atoms with Gasteiger partial charge in [0, 0.05) is 31.4 Å². The third kappa shape index (κ3) is 5.60. The second-order valence-corrected chi connectivity index (χ2v) is 12.5. The zero-order valence-corrected chi connectivity index (χ0v) is 21.9. The maximum atomic E-state index is 13.7. The van der Waals surface area contributed by atoms with Gasteiger partial charge in [-0.25, -0.2) is 0 Å². The maximum absolute atomic E-state index is 13.7. The van der Waals surface area contributed by atoms with Crippen molar-refractivity contribution in [2.24, 2.45) is 0 Å². The molecule has 188 valence electrons. The van der Waals surface area contributed by atoms with E-state index in [0.29, 0.717) is 27.0 Å². The van der Waals surface area contributed by atoms with E-state index in [4.69, 9.17) is 9.47 Å². The van der Waals surface area contributed by atoms with Crippen LogP contribution in [0.2, 0.25) is 0 Å². The highest BCUT2D eigenvalue weighted by atomic mass is 32.3. The summed E-state index contributed by atoms with van der Waals surface area (Å²) in [5, 5.41) is 0. The van der Waals surface area contributed by atoms with Gasteiger partial charge in [-0.3, -0.25) is 13.6 Å². The number of hydrogen-bond acceptors (Lipinski definition) is 6. The molecule has 0 spiro atoms. The second-order valence-electron chi connectivity index (χ2n) is 7.93. The minimum atomic E-state index is -4.06. The standard InChI is InChI=1S/C27H28N2O5S2/c1-4-32-22(3)33-23-11-15-24(16-12-23)35(26-7-5-17-28-19-26,27-8-6-18-29-20-27)34-36(30,31)25-13-9-21(2)10-14-25/h5-20,22H,4H2,1-3H3/p+1. The van der Waals surface area contributed by atoms with Crippen LogP contribution in [0.4, 0.5) is 0 Å². The van der Waals surface area contributed by atoms with Crippen LogP contribution in [0, 0.1) is 6.92 Å². The highest BCUT2D eigenvalue weighted by Gasteiger charge is 2.44. The van der Waals surface area contributed by atoms with Gasteiger partial charge in [0.25, 0.3) is 0 Å². The largest absolute Gasteiger partial charge is 0.465 e. The summed E-state index contributed by atoms with van der Waals surface area (Å²) in [6.07, 6.45) is 6.21. The molecular weight excluding hydrogens is 496 g/mol. The van der Waals surface area contributed by atoms with E-state index in [1.165, 1.54) is 0 Å². The lowest BCUT2D eigenvalue weighted by atomic mass is 10.2. The molecule has 0 aliphatic rings. The van der Waals surface area contributed by atoms with E-state index in [2.05, 4.69) is 13.6 Å². The SMILES string of the molecule is CCOC(C)Oc1ccc(S([OH+]S(=O)(=O)c2ccc(C)cc2)(c2cccnc2)c2cccnc2)cc1. The lowest BCUT2D eigenvalue weighted by molar-refractivity contribution is -0.0613. The molecule has 0 saturated heterocycles. The summed E-state index contributed by atoms with van der Waals surface area (Å²) in [6.45, 7) is 6.16. The molecule has 1 atom stereocenters. The predicted molar refractivity (Wildman–Crippen MR) is 140 cm³/mol. The number of hydrogen-bond donors (Lipinski definition) is 0. The molecule has 4 rings (SSSR count). The van der Waals surface area contributed by atoms with Crippen LogP contribution in [0.1, 0.15) is 19.4 Å². The minimum Gasteiger partial charge on any atom is -0.465 e. The molecule has 0 bridgehead atoms. The maximum Gasteiger partial charge on any atom is 0.422 e. The minimum absolute atomic E-state index is 0.128. The van der Waals surface area contributed by atoms with Gasteiger partial charge in [0.1, 0.15) is 10.6 Å². The number of aromatic nitrogens is 2. The summed E-state index contributed by atoms with van der Waals surface area (Å²) in [6, 6.07) is 21.2. The summed E-state index contributed by atoms with van der Waals surface area (Å²) in [7, 11) is -6.74. The highest BCUT2D eigenvalue weighted by Crippen LogP contribution is 2.68. The summed E-state index contributed by atoms with van der Waals surface area (Å²) < 4.78 is 43.5. The van der Waals surface area contributed by atoms with Gasteiger partial charge in [0.05, 0.1) is 25.0 Å². The molecule has 7 nitrogen and oxygen atoms in total. The van der Waals surface area contributed by atoms with Gasteiger partial charge in [-0.05, 0) is 81.4 Å². The van der Waals surface area contributed by atoms with Gasteiger partial charge in [-0.15, -0.1) is 8.42 Å². The number of benzene rings is 2. The van der Waals surface area contributed by atoms with Gasteiger partial charge < -0.3 is 9.47 Å². The van der Waals surface area contributed by atoms with E-state index < -0.39 is 26.7 Å². The quantitative estimate of drug-likeness (QED) is 0.139. The number of ether oxygens (including phenoxy) is 2. The van der Waals surface area contributed by atoms with Crippen molar-refractivity contribution in [3.63, 3.8) is 0 Å². The van der Waals surface area contributed by atoms with Gasteiger partial charge in [-0.2, -0.15) is 0 Å². The molecule has 0 aliphatic heterocycles. The fourth-order valence-corrected chi connectivity index (χ4v) is 9.02. The molecule has 2 aromatic carbocycles. The van der Waals surface area contributed by atoms with Crippen molar-refractivity contribution in [3.8, 4) is 5.75 Å². The van der Waals surface area contributed by atoms with Crippen LogP contribution < -0.4 is 4.74 Å². The molecule has 9 heteroatoms. The van der Waals surface area contributed by atoms with E-state index in [-0.39, 0.29) is 4.90 Å². The Kier molecular flexibility index (Phi) is 8.05. The molecule has 4 aromatic rings. The number of rotatable bonds is 10. The summed E-state index contributed by atoms with van der Waals surface area (Å²) in [4.78, 5) is 10.8. The van der Waals surface area contributed by atoms with Crippen LogP contribution >= 0.6 is 10.3 Å². The fraction of sp³-hybridized carbons (Fsp3) is 0.185. The number of pyridine rings is 2. The first-order chi connectivity index (χ1) is 17.3. The highest BCUT2D eigenvalue weighted by molar-refractivity contribution is 8.32. The smallest absolute Gasteiger partial charge is 0.422 e. The Bertz CT molecular complexity index is 1330. The monoisotopic (exact) mass is 525 g/mol. The lowest BCUT2D eigenvalue weighted by Gasteiger charge is -2.34. The Morgan fingerprint density at radius 3 is 1.86 bits per heavy atom. The van der Waals surface area contributed by atoms with Crippen LogP contribution in [-0.2, 0) is 14.9 Å². The third-order valence-electron chi connectivity index (χ3n) is 5.35. The van der Waals surface area contributed by atoms with Crippen molar-refractivity contribution in [1.82, 2.24) is 9.97 Å². The average Bonchev–Trinajstić information content (AvgIpc) is 2.89. The third-order valence-corrected chi connectivity index (χ3v) is 10.7. The van der Waals surface area contributed by atoms with E-state index in [0.717, 1.165) is 5.56 Å². The second kappa shape index (κ2) is 11.2. The molecule has 1 unspecified atom stereocenters. The van der Waals surface area contributed by atoms with E-state index in [1.54, 1.807) is 73.3 Å². The molecule has 1 N–H and O–H groups in total. The normalized spacial score (nSPS) is 13.2. The predicted octanol–water partition coefficient (Wildman–Crippen LogP) is 6.23. The molecule has 36 heavy (non-hydrogen) atoms. The van der Waals surface area contributed by atoms with Crippen molar-refractivity contribution < 1.29 is 21.5 Å².